The highest BCUT2D eigenvalue weighted by molar-refractivity contribution is 6.30. The van der Waals surface area contributed by atoms with Crippen molar-refractivity contribution < 1.29 is 18.0 Å². The second kappa shape index (κ2) is 7.34. The first kappa shape index (κ1) is 19.4. The molecule has 7 nitrogen and oxygen atoms in total. The minimum absolute atomic E-state index is 0.0120. The van der Waals surface area contributed by atoms with Crippen molar-refractivity contribution in [1.29, 1.82) is 0 Å². The SMILES string of the molecule is CN(C)C(=O)CC1CN(Cc2nnn(CC(F)(F)F)n2)c2ccc(Cl)cc21. The molecule has 1 aromatic carbocycles. The van der Waals surface area contributed by atoms with Crippen molar-refractivity contribution in [2.45, 2.75) is 31.6 Å². The summed E-state index contributed by atoms with van der Waals surface area (Å²) in [6.07, 6.45) is -4.10. The molecular weight excluding hydrogens is 385 g/mol. The van der Waals surface area contributed by atoms with E-state index in [1.54, 1.807) is 20.2 Å². The molecule has 1 aliphatic rings. The number of carbonyl (C=O) groups is 1. The molecule has 1 unspecified atom stereocenters. The number of halogens is 4. The van der Waals surface area contributed by atoms with Crippen LogP contribution in [0.5, 0.6) is 0 Å². The van der Waals surface area contributed by atoms with E-state index in [-0.39, 0.29) is 24.2 Å². The van der Waals surface area contributed by atoms with Gasteiger partial charge < -0.3 is 9.80 Å². The van der Waals surface area contributed by atoms with Crippen molar-refractivity contribution in [3.05, 3.63) is 34.6 Å². The Kier molecular flexibility index (Phi) is 5.27. The highest BCUT2D eigenvalue weighted by Crippen LogP contribution is 2.40. The molecule has 2 heterocycles. The first-order valence-corrected chi connectivity index (χ1v) is 8.58. The third-order valence-corrected chi connectivity index (χ3v) is 4.51. The molecule has 1 aliphatic heterocycles. The Morgan fingerprint density at radius 2 is 2.11 bits per heavy atom. The maximum Gasteiger partial charge on any atom is 0.409 e. The molecule has 3 rings (SSSR count). The van der Waals surface area contributed by atoms with E-state index >= 15 is 0 Å². The minimum atomic E-state index is -4.41. The number of alkyl halides is 3. The third-order valence-electron chi connectivity index (χ3n) is 4.28. The molecule has 0 bridgehead atoms. The van der Waals surface area contributed by atoms with Crippen molar-refractivity contribution in [3.63, 3.8) is 0 Å². The van der Waals surface area contributed by atoms with Crippen LogP contribution >= 0.6 is 11.6 Å². The molecule has 1 amide bonds. The van der Waals surface area contributed by atoms with Crippen LogP contribution in [-0.4, -0.2) is 57.8 Å². The van der Waals surface area contributed by atoms with Crippen molar-refractivity contribution in [2.24, 2.45) is 0 Å². The Morgan fingerprint density at radius 1 is 1.37 bits per heavy atom. The Hall–Kier alpha value is -2.36. The van der Waals surface area contributed by atoms with Gasteiger partial charge in [0.2, 0.25) is 5.91 Å². The Bertz CT molecular complexity index is 838. The second-order valence-electron chi connectivity index (χ2n) is 6.62. The first-order chi connectivity index (χ1) is 12.6. The zero-order chi connectivity index (χ0) is 19.8. The van der Waals surface area contributed by atoms with Gasteiger partial charge in [0.05, 0.1) is 6.54 Å². The lowest BCUT2D eigenvalue weighted by Crippen LogP contribution is -2.27. The predicted molar refractivity (Wildman–Crippen MR) is 92.4 cm³/mol. The van der Waals surface area contributed by atoms with Crippen molar-refractivity contribution in [3.8, 4) is 0 Å². The molecule has 27 heavy (non-hydrogen) atoms. The van der Waals surface area contributed by atoms with Crippen LogP contribution in [0, 0.1) is 0 Å². The molecule has 0 saturated heterocycles. The fourth-order valence-electron chi connectivity index (χ4n) is 3.06. The second-order valence-corrected chi connectivity index (χ2v) is 7.06. The summed E-state index contributed by atoms with van der Waals surface area (Å²) in [4.78, 5) is 16.1. The maximum absolute atomic E-state index is 12.4. The highest BCUT2D eigenvalue weighted by atomic mass is 35.5. The van der Waals surface area contributed by atoms with E-state index in [0.717, 1.165) is 11.3 Å². The summed E-state index contributed by atoms with van der Waals surface area (Å²) >= 11 is 6.10. The molecule has 1 atom stereocenters. The number of carbonyl (C=O) groups excluding carboxylic acids is 1. The molecule has 2 aromatic rings. The van der Waals surface area contributed by atoms with E-state index in [0.29, 0.717) is 22.8 Å². The Balaban J connectivity index is 1.78. The van der Waals surface area contributed by atoms with Crippen molar-refractivity contribution in [1.82, 2.24) is 25.1 Å². The molecule has 0 spiro atoms. The largest absolute Gasteiger partial charge is 0.409 e. The summed E-state index contributed by atoms with van der Waals surface area (Å²) in [6.45, 7) is -0.575. The van der Waals surface area contributed by atoms with Gasteiger partial charge in [0.1, 0.15) is 0 Å². The van der Waals surface area contributed by atoms with Gasteiger partial charge in [-0.2, -0.15) is 18.0 Å². The van der Waals surface area contributed by atoms with E-state index in [2.05, 4.69) is 15.4 Å². The topological polar surface area (TPSA) is 67.2 Å². The lowest BCUT2D eigenvalue weighted by atomic mass is 9.97. The van der Waals surface area contributed by atoms with Gasteiger partial charge in [-0.3, -0.25) is 4.79 Å². The quantitative estimate of drug-likeness (QED) is 0.768. The van der Waals surface area contributed by atoms with E-state index in [1.807, 2.05) is 17.0 Å². The van der Waals surface area contributed by atoms with Crippen molar-refractivity contribution in [2.75, 3.05) is 25.5 Å². The fraction of sp³-hybridized carbons (Fsp3) is 0.500. The molecule has 1 aromatic heterocycles. The minimum Gasteiger partial charge on any atom is -0.363 e. The van der Waals surface area contributed by atoms with Crippen LogP contribution < -0.4 is 4.90 Å². The number of anilines is 1. The van der Waals surface area contributed by atoms with Crippen LogP contribution in [0.1, 0.15) is 23.7 Å². The number of benzene rings is 1. The summed E-state index contributed by atoms with van der Waals surface area (Å²) in [7, 11) is 3.38. The number of tetrazole rings is 1. The van der Waals surface area contributed by atoms with E-state index < -0.39 is 12.7 Å². The lowest BCUT2D eigenvalue weighted by Gasteiger charge is -2.18. The number of hydrogen-bond acceptors (Lipinski definition) is 5. The summed E-state index contributed by atoms with van der Waals surface area (Å²) in [5.74, 6) is 0.0978. The molecular formula is C16H18ClF3N6O. The number of aromatic nitrogens is 4. The number of nitrogens with zero attached hydrogens (tertiary/aromatic N) is 6. The zero-order valence-electron chi connectivity index (χ0n) is 14.7. The number of fused-ring (bicyclic) bond motifs is 1. The highest BCUT2D eigenvalue weighted by Gasteiger charge is 2.32. The first-order valence-electron chi connectivity index (χ1n) is 8.20. The molecule has 146 valence electrons. The van der Waals surface area contributed by atoms with E-state index in [9.17, 15) is 18.0 Å². The summed E-state index contributed by atoms with van der Waals surface area (Å²) in [6, 6.07) is 5.38. The third kappa shape index (κ3) is 4.68. The van der Waals surface area contributed by atoms with Gasteiger partial charge in [-0.1, -0.05) is 11.6 Å². The number of hydrogen-bond donors (Lipinski definition) is 0. The van der Waals surface area contributed by atoms with Crippen LogP contribution in [0.25, 0.3) is 0 Å². The van der Waals surface area contributed by atoms with Crippen LogP contribution in [0.2, 0.25) is 5.02 Å². The molecule has 0 radical (unpaired) electrons. The monoisotopic (exact) mass is 402 g/mol. The molecule has 0 fully saturated rings. The van der Waals surface area contributed by atoms with Gasteiger partial charge in [0.15, 0.2) is 12.4 Å². The molecule has 0 saturated carbocycles. The Morgan fingerprint density at radius 3 is 2.78 bits per heavy atom. The zero-order valence-corrected chi connectivity index (χ0v) is 15.5. The summed E-state index contributed by atoms with van der Waals surface area (Å²) in [5.41, 5.74) is 1.79. The van der Waals surface area contributed by atoms with E-state index in [1.165, 1.54) is 4.90 Å². The van der Waals surface area contributed by atoms with Gasteiger partial charge in [-0.15, -0.1) is 10.2 Å². The summed E-state index contributed by atoms with van der Waals surface area (Å²) < 4.78 is 37.3. The van der Waals surface area contributed by atoms with E-state index in [4.69, 9.17) is 11.6 Å². The average Bonchev–Trinajstić information content (AvgIpc) is 3.11. The van der Waals surface area contributed by atoms with Gasteiger partial charge >= 0.3 is 6.18 Å². The van der Waals surface area contributed by atoms with Gasteiger partial charge in [0, 0.05) is 43.7 Å². The van der Waals surface area contributed by atoms with Gasteiger partial charge in [0.25, 0.3) is 0 Å². The predicted octanol–water partition coefficient (Wildman–Crippen LogP) is 2.47. The fourth-order valence-corrected chi connectivity index (χ4v) is 3.24. The van der Waals surface area contributed by atoms with Crippen LogP contribution in [0.4, 0.5) is 18.9 Å². The lowest BCUT2D eigenvalue weighted by molar-refractivity contribution is -0.145. The summed E-state index contributed by atoms with van der Waals surface area (Å²) in [5, 5.41) is 11.5. The van der Waals surface area contributed by atoms with Gasteiger partial charge in [-0.25, -0.2) is 0 Å². The van der Waals surface area contributed by atoms with Gasteiger partial charge in [-0.05, 0) is 29.0 Å². The van der Waals surface area contributed by atoms with Crippen molar-refractivity contribution >= 4 is 23.2 Å². The average molecular weight is 403 g/mol. The standard InChI is InChI=1S/C16H18ClF3N6O/c1-24(2)15(27)5-10-7-25(13-4-3-11(17)6-12(10)13)8-14-21-23-26(22-14)9-16(18,19)20/h3-4,6,10H,5,7-9H2,1-2H3. The van der Waals surface area contributed by atoms with Crippen LogP contribution in [0.15, 0.2) is 18.2 Å². The van der Waals surface area contributed by atoms with Crippen LogP contribution in [0.3, 0.4) is 0 Å². The number of amides is 1. The maximum atomic E-state index is 12.4. The molecule has 11 heteroatoms. The smallest absolute Gasteiger partial charge is 0.363 e. The normalized spacial score (nSPS) is 16.5. The Labute approximate surface area is 158 Å². The molecule has 0 N–H and O–H groups in total. The number of rotatable bonds is 5. The molecule has 0 aliphatic carbocycles. The van der Waals surface area contributed by atoms with Crippen LogP contribution in [-0.2, 0) is 17.9 Å².